The Kier molecular flexibility index (Phi) is 11.5. The van der Waals surface area contributed by atoms with Gasteiger partial charge in [0, 0.05) is 28.7 Å². The molecule has 0 radical (unpaired) electrons. The van der Waals surface area contributed by atoms with Crippen LogP contribution in [-0.4, -0.2) is 64.2 Å². The molecule has 2 atom stereocenters. The molecule has 0 bridgehead atoms. The molecule has 0 aliphatic rings. The molecule has 2 aromatic rings. The van der Waals surface area contributed by atoms with E-state index in [4.69, 9.17) is 32.7 Å². The fourth-order valence-corrected chi connectivity index (χ4v) is 5.10. The number of carbonyl (C=O) groups is 2. The zero-order chi connectivity index (χ0) is 28.6. The second kappa shape index (κ2) is 13.9. The van der Waals surface area contributed by atoms with Gasteiger partial charge >= 0.3 is 0 Å². The molecule has 0 spiro atoms. The summed E-state index contributed by atoms with van der Waals surface area (Å²) < 4.78 is 37.3. The van der Waals surface area contributed by atoms with Crippen molar-refractivity contribution in [3.05, 3.63) is 52.0 Å². The molecule has 2 amide bonds. The lowest BCUT2D eigenvalue weighted by molar-refractivity contribution is -0.140. The average Bonchev–Trinajstić information content (AvgIpc) is 2.87. The minimum atomic E-state index is -3.94. The summed E-state index contributed by atoms with van der Waals surface area (Å²) in [4.78, 5) is 28.4. The third-order valence-electron chi connectivity index (χ3n) is 6.08. The van der Waals surface area contributed by atoms with Gasteiger partial charge in [0.05, 0.1) is 26.2 Å². The molecule has 1 N–H and O–H groups in total. The van der Waals surface area contributed by atoms with Crippen LogP contribution in [0.5, 0.6) is 11.5 Å². The zero-order valence-electron chi connectivity index (χ0n) is 22.5. The van der Waals surface area contributed by atoms with Crippen LogP contribution in [0.1, 0.15) is 39.2 Å². The molecular formula is C26H35Cl2N3O6S. The van der Waals surface area contributed by atoms with E-state index >= 15 is 0 Å². The van der Waals surface area contributed by atoms with E-state index in [1.807, 2.05) is 13.8 Å². The van der Waals surface area contributed by atoms with Crippen molar-refractivity contribution in [3.63, 3.8) is 0 Å². The van der Waals surface area contributed by atoms with Gasteiger partial charge in [0.2, 0.25) is 21.8 Å². The predicted octanol–water partition coefficient (Wildman–Crippen LogP) is 4.50. The first-order chi connectivity index (χ1) is 17.9. The Morgan fingerprint density at radius 1 is 1.03 bits per heavy atom. The van der Waals surface area contributed by atoms with Gasteiger partial charge in [-0.25, -0.2) is 8.42 Å². The van der Waals surface area contributed by atoms with Gasteiger partial charge in [-0.1, -0.05) is 43.1 Å². The fourth-order valence-electron chi connectivity index (χ4n) is 3.78. The standard InChI is InChI=1S/C26H35Cl2N3O6S/c1-7-17(3)29-26(33)22(8-2)30(15-18-9-10-19(27)13-21(18)28)25(32)16-31(38(6,34)35)23-12-11-20(36-4)14-24(23)37-5/h9-14,17,22H,7-8,15-16H2,1-6H3,(H,29,33)/t17-,22+/m1/s1. The number of amides is 2. The summed E-state index contributed by atoms with van der Waals surface area (Å²) in [7, 11) is -1.08. The first kappa shape index (κ1) is 31.5. The molecular weight excluding hydrogens is 553 g/mol. The maximum Gasteiger partial charge on any atom is 0.244 e. The lowest BCUT2D eigenvalue weighted by Crippen LogP contribution is -2.53. The first-order valence-corrected chi connectivity index (χ1v) is 14.7. The molecule has 0 saturated carbocycles. The minimum Gasteiger partial charge on any atom is -0.497 e. The first-order valence-electron chi connectivity index (χ1n) is 12.1. The van der Waals surface area contributed by atoms with Crippen molar-refractivity contribution < 1.29 is 27.5 Å². The van der Waals surface area contributed by atoms with Crippen LogP contribution in [0.25, 0.3) is 0 Å². The highest BCUT2D eigenvalue weighted by molar-refractivity contribution is 7.92. The van der Waals surface area contributed by atoms with Gasteiger partial charge in [-0.3, -0.25) is 13.9 Å². The van der Waals surface area contributed by atoms with Crippen LogP contribution in [0.2, 0.25) is 10.0 Å². The quantitative estimate of drug-likeness (QED) is 0.370. The van der Waals surface area contributed by atoms with Gasteiger partial charge < -0.3 is 19.7 Å². The number of halogens is 2. The van der Waals surface area contributed by atoms with Crippen molar-refractivity contribution in [1.82, 2.24) is 10.2 Å². The Balaban J connectivity index is 2.54. The number of sulfonamides is 1. The largest absolute Gasteiger partial charge is 0.497 e. The van der Waals surface area contributed by atoms with E-state index in [1.54, 1.807) is 31.2 Å². The molecule has 0 aliphatic heterocycles. The molecule has 9 nitrogen and oxygen atoms in total. The normalized spacial score (nSPS) is 12.8. The smallest absolute Gasteiger partial charge is 0.244 e. The third kappa shape index (κ3) is 8.15. The Morgan fingerprint density at radius 2 is 1.71 bits per heavy atom. The molecule has 0 aromatic heterocycles. The molecule has 2 rings (SSSR count). The number of rotatable bonds is 13. The van der Waals surface area contributed by atoms with E-state index < -0.39 is 28.5 Å². The lowest BCUT2D eigenvalue weighted by Gasteiger charge is -2.33. The molecule has 0 saturated heterocycles. The van der Waals surface area contributed by atoms with Crippen molar-refractivity contribution >= 4 is 50.7 Å². The number of methoxy groups -OCH3 is 2. The Bertz CT molecular complexity index is 1240. The van der Waals surface area contributed by atoms with Crippen molar-refractivity contribution in [1.29, 1.82) is 0 Å². The van der Waals surface area contributed by atoms with Crippen molar-refractivity contribution in [3.8, 4) is 11.5 Å². The van der Waals surface area contributed by atoms with E-state index in [1.165, 1.54) is 31.3 Å². The van der Waals surface area contributed by atoms with Crippen molar-refractivity contribution in [2.45, 2.75) is 52.2 Å². The van der Waals surface area contributed by atoms with E-state index in [-0.39, 0.29) is 29.9 Å². The summed E-state index contributed by atoms with van der Waals surface area (Å²) in [6.07, 6.45) is 2.00. The Morgan fingerprint density at radius 3 is 2.24 bits per heavy atom. The van der Waals surface area contributed by atoms with Crippen LogP contribution in [0.15, 0.2) is 36.4 Å². The number of anilines is 1. The summed E-state index contributed by atoms with van der Waals surface area (Å²) >= 11 is 12.4. The summed E-state index contributed by atoms with van der Waals surface area (Å²) in [6, 6.07) is 8.47. The number of ether oxygens (including phenoxy) is 2. The van der Waals surface area contributed by atoms with Gasteiger partial charge in [-0.15, -0.1) is 0 Å². The highest BCUT2D eigenvalue weighted by Gasteiger charge is 2.33. The predicted molar refractivity (Wildman–Crippen MR) is 151 cm³/mol. The number of benzene rings is 2. The Hall–Kier alpha value is -2.69. The fraction of sp³-hybridized carbons (Fsp3) is 0.462. The van der Waals surface area contributed by atoms with Gasteiger partial charge in [0.1, 0.15) is 24.1 Å². The monoisotopic (exact) mass is 587 g/mol. The minimum absolute atomic E-state index is 0.0291. The van der Waals surface area contributed by atoms with Crippen LogP contribution in [0.3, 0.4) is 0 Å². The van der Waals surface area contributed by atoms with E-state index in [0.29, 0.717) is 34.2 Å². The summed E-state index contributed by atoms with van der Waals surface area (Å²) in [5.41, 5.74) is 0.720. The van der Waals surface area contributed by atoms with Gasteiger partial charge in [0.25, 0.3) is 0 Å². The second-order valence-electron chi connectivity index (χ2n) is 8.81. The van der Waals surface area contributed by atoms with Crippen molar-refractivity contribution in [2.75, 3.05) is 31.3 Å². The highest BCUT2D eigenvalue weighted by Crippen LogP contribution is 2.34. The number of hydrogen-bond donors (Lipinski definition) is 1. The molecule has 210 valence electrons. The number of carbonyl (C=O) groups excluding carboxylic acids is 2. The van der Waals surface area contributed by atoms with E-state index in [0.717, 1.165) is 10.6 Å². The molecule has 12 heteroatoms. The average molecular weight is 589 g/mol. The van der Waals surface area contributed by atoms with Gasteiger partial charge in [0.15, 0.2) is 0 Å². The molecule has 0 fully saturated rings. The lowest BCUT2D eigenvalue weighted by atomic mass is 10.1. The number of hydrogen-bond acceptors (Lipinski definition) is 6. The van der Waals surface area contributed by atoms with Crippen LogP contribution in [-0.2, 0) is 26.2 Å². The third-order valence-corrected chi connectivity index (χ3v) is 7.79. The zero-order valence-corrected chi connectivity index (χ0v) is 24.8. The molecule has 0 unspecified atom stereocenters. The van der Waals surface area contributed by atoms with E-state index in [9.17, 15) is 18.0 Å². The number of nitrogens with zero attached hydrogens (tertiary/aromatic N) is 2. The van der Waals surface area contributed by atoms with Crippen LogP contribution < -0.4 is 19.1 Å². The van der Waals surface area contributed by atoms with Crippen LogP contribution >= 0.6 is 23.2 Å². The van der Waals surface area contributed by atoms with Crippen LogP contribution in [0.4, 0.5) is 5.69 Å². The summed E-state index contributed by atoms with van der Waals surface area (Å²) in [6.45, 7) is 4.99. The summed E-state index contributed by atoms with van der Waals surface area (Å²) in [5.74, 6) is -0.271. The molecule has 0 aliphatic carbocycles. The van der Waals surface area contributed by atoms with Crippen molar-refractivity contribution in [2.24, 2.45) is 0 Å². The second-order valence-corrected chi connectivity index (χ2v) is 11.6. The van der Waals surface area contributed by atoms with E-state index in [2.05, 4.69) is 5.32 Å². The van der Waals surface area contributed by atoms with Gasteiger partial charge in [-0.2, -0.15) is 0 Å². The SMILES string of the molecule is CC[C@@H](C)NC(=O)[C@H](CC)N(Cc1ccc(Cl)cc1Cl)C(=O)CN(c1ccc(OC)cc1OC)S(C)(=O)=O. The highest BCUT2D eigenvalue weighted by atomic mass is 35.5. The maximum atomic E-state index is 13.8. The molecule has 38 heavy (non-hydrogen) atoms. The summed E-state index contributed by atoms with van der Waals surface area (Å²) in [5, 5.41) is 3.67. The van der Waals surface area contributed by atoms with Gasteiger partial charge in [-0.05, 0) is 49.6 Å². The van der Waals surface area contributed by atoms with Crippen LogP contribution in [0, 0.1) is 0 Å². The topological polar surface area (TPSA) is 105 Å². The molecule has 2 aromatic carbocycles. The maximum absolute atomic E-state index is 13.8. The number of nitrogens with one attached hydrogen (secondary N) is 1. The molecule has 0 heterocycles. The Labute approximate surface area is 235 Å².